The minimum absolute atomic E-state index is 0.160. The zero-order chi connectivity index (χ0) is 22.0. The fourth-order valence-corrected chi connectivity index (χ4v) is 4.63. The average molecular weight is 439 g/mol. The van der Waals surface area contributed by atoms with Crippen LogP contribution in [0.3, 0.4) is 0 Å². The van der Waals surface area contributed by atoms with Crippen LogP contribution in [0.15, 0.2) is 47.5 Å². The zero-order valence-corrected chi connectivity index (χ0v) is 18.6. The predicted octanol–water partition coefficient (Wildman–Crippen LogP) is 3.59. The first kappa shape index (κ1) is 21.2. The number of likely N-dealkylation sites (tertiary alicyclic amines) is 1. The molecule has 2 aliphatic heterocycles. The van der Waals surface area contributed by atoms with Crippen LogP contribution in [-0.2, 0) is 9.59 Å². The van der Waals surface area contributed by atoms with E-state index in [0.29, 0.717) is 18.0 Å². The topological polar surface area (TPSA) is 65.9 Å². The van der Waals surface area contributed by atoms with Crippen molar-refractivity contribution in [3.8, 4) is 5.69 Å². The Balaban J connectivity index is 1.51. The number of piperidine rings is 1. The summed E-state index contributed by atoms with van der Waals surface area (Å²) in [6.07, 6.45) is 6.70. The van der Waals surface area contributed by atoms with Crippen LogP contribution in [0.1, 0.15) is 25.0 Å². The molecule has 0 atom stereocenters. The highest BCUT2D eigenvalue weighted by molar-refractivity contribution is 8.18. The maximum absolute atomic E-state index is 12.9. The van der Waals surface area contributed by atoms with Gasteiger partial charge in [0.2, 0.25) is 5.91 Å². The number of nitrogens with zero attached hydrogens (tertiary/aromatic N) is 4. The van der Waals surface area contributed by atoms with Gasteiger partial charge in [-0.25, -0.2) is 0 Å². The van der Waals surface area contributed by atoms with Crippen molar-refractivity contribution < 1.29 is 14.4 Å². The van der Waals surface area contributed by atoms with Crippen LogP contribution in [0.2, 0.25) is 0 Å². The fourth-order valence-electron chi connectivity index (χ4n) is 3.81. The molecule has 162 valence electrons. The molecule has 0 saturated carbocycles. The van der Waals surface area contributed by atoms with E-state index in [9.17, 15) is 14.4 Å². The van der Waals surface area contributed by atoms with Crippen LogP contribution in [-0.4, -0.2) is 65.2 Å². The lowest BCUT2D eigenvalue weighted by Crippen LogP contribution is -2.44. The smallest absolute Gasteiger partial charge is 0.294 e. The van der Waals surface area contributed by atoms with Crippen LogP contribution < -0.4 is 4.90 Å². The SMILES string of the molecule is CN(C)c1ccc(-n2cccc2/C=C2\SC(=O)N(CC(=O)N3CCCCC3)C2=O)cc1. The molecular formula is C23H26N4O3S. The second kappa shape index (κ2) is 9.01. The Morgan fingerprint density at radius 1 is 1.06 bits per heavy atom. The largest absolute Gasteiger partial charge is 0.378 e. The third-order valence-corrected chi connectivity index (χ3v) is 6.49. The van der Waals surface area contributed by atoms with Crippen molar-refractivity contribution in [3.05, 3.63) is 53.2 Å². The summed E-state index contributed by atoms with van der Waals surface area (Å²) in [6, 6.07) is 11.9. The van der Waals surface area contributed by atoms with Crippen molar-refractivity contribution >= 4 is 40.6 Å². The van der Waals surface area contributed by atoms with Crippen molar-refractivity contribution in [3.63, 3.8) is 0 Å². The van der Waals surface area contributed by atoms with E-state index in [1.54, 1.807) is 11.0 Å². The number of aromatic nitrogens is 1. The number of hydrogen-bond acceptors (Lipinski definition) is 5. The highest BCUT2D eigenvalue weighted by atomic mass is 32.2. The van der Waals surface area contributed by atoms with Crippen LogP contribution in [0.4, 0.5) is 10.5 Å². The summed E-state index contributed by atoms with van der Waals surface area (Å²) in [7, 11) is 3.98. The van der Waals surface area contributed by atoms with E-state index in [2.05, 4.69) is 0 Å². The van der Waals surface area contributed by atoms with Crippen LogP contribution in [0.25, 0.3) is 11.8 Å². The monoisotopic (exact) mass is 438 g/mol. The third-order valence-electron chi connectivity index (χ3n) is 5.58. The lowest BCUT2D eigenvalue weighted by Gasteiger charge is -2.27. The summed E-state index contributed by atoms with van der Waals surface area (Å²) >= 11 is 0.887. The molecule has 3 heterocycles. The Bertz CT molecular complexity index is 1020. The number of rotatable bonds is 5. The van der Waals surface area contributed by atoms with Crippen molar-refractivity contribution in [1.82, 2.24) is 14.4 Å². The van der Waals surface area contributed by atoms with Gasteiger partial charge in [-0.3, -0.25) is 19.3 Å². The molecule has 0 radical (unpaired) electrons. The molecule has 0 aliphatic carbocycles. The van der Waals surface area contributed by atoms with E-state index in [1.807, 2.05) is 66.2 Å². The van der Waals surface area contributed by atoms with Crippen molar-refractivity contribution in [1.29, 1.82) is 0 Å². The van der Waals surface area contributed by atoms with Crippen LogP contribution in [0.5, 0.6) is 0 Å². The van der Waals surface area contributed by atoms with Crippen LogP contribution >= 0.6 is 11.8 Å². The van der Waals surface area contributed by atoms with Gasteiger partial charge in [-0.05, 0) is 73.5 Å². The highest BCUT2D eigenvalue weighted by Gasteiger charge is 2.37. The Kier molecular flexibility index (Phi) is 6.18. The molecule has 8 heteroatoms. The minimum atomic E-state index is -0.406. The summed E-state index contributed by atoms with van der Waals surface area (Å²) in [5, 5.41) is -0.393. The van der Waals surface area contributed by atoms with Crippen LogP contribution in [0, 0.1) is 0 Å². The quantitative estimate of drug-likeness (QED) is 0.668. The zero-order valence-electron chi connectivity index (χ0n) is 17.8. The Labute approximate surface area is 186 Å². The summed E-state index contributed by atoms with van der Waals surface area (Å²) in [5.41, 5.74) is 2.85. The van der Waals surface area contributed by atoms with E-state index in [0.717, 1.165) is 53.0 Å². The van der Waals surface area contributed by atoms with E-state index >= 15 is 0 Å². The molecule has 0 spiro atoms. The van der Waals surface area contributed by atoms with Gasteiger partial charge < -0.3 is 14.4 Å². The highest BCUT2D eigenvalue weighted by Crippen LogP contribution is 2.33. The molecule has 2 aliphatic rings. The second-order valence-corrected chi connectivity index (χ2v) is 8.92. The third kappa shape index (κ3) is 4.54. The molecule has 0 unspecified atom stereocenters. The molecule has 2 fully saturated rings. The lowest BCUT2D eigenvalue weighted by molar-refractivity contribution is -0.136. The van der Waals surface area contributed by atoms with Gasteiger partial charge in [-0.15, -0.1) is 0 Å². The van der Waals surface area contributed by atoms with Crippen molar-refractivity contribution in [2.75, 3.05) is 38.6 Å². The predicted molar refractivity (Wildman–Crippen MR) is 123 cm³/mol. The maximum atomic E-state index is 12.9. The van der Waals surface area contributed by atoms with Gasteiger partial charge in [0.05, 0.1) is 4.91 Å². The maximum Gasteiger partial charge on any atom is 0.294 e. The Hall–Kier alpha value is -3.00. The molecule has 0 N–H and O–H groups in total. The number of hydrogen-bond donors (Lipinski definition) is 0. The molecule has 2 aromatic rings. The normalized spacial score (nSPS) is 18.2. The molecular weight excluding hydrogens is 412 g/mol. The Morgan fingerprint density at radius 2 is 1.77 bits per heavy atom. The molecule has 1 aromatic carbocycles. The Morgan fingerprint density at radius 3 is 2.45 bits per heavy atom. The molecule has 1 aromatic heterocycles. The van der Waals surface area contributed by atoms with Gasteiger partial charge in [0.25, 0.3) is 11.1 Å². The van der Waals surface area contributed by atoms with Gasteiger partial charge in [0, 0.05) is 50.5 Å². The minimum Gasteiger partial charge on any atom is -0.378 e. The number of thioether (sulfide) groups is 1. The second-order valence-electron chi connectivity index (χ2n) is 7.92. The van der Waals surface area contributed by atoms with Gasteiger partial charge in [-0.1, -0.05) is 0 Å². The van der Waals surface area contributed by atoms with Gasteiger partial charge in [-0.2, -0.15) is 0 Å². The summed E-state index contributed by atoms with van der Waals surface area (Å²) in [5.74, 6) is -0.566. The van der Waals surface area contributed by atoms with E-state index in [4.69, 9.17) is 0 Å². The molecule has 3 amide bonds. The number of benzene rings is 1. The molecule has 2 saturated heterocycles. The molecule has 31 heavy (non-hydrogen) atoms. The number of imide groups is 1. The molecule has 0 bridgehead atoms. The van der Waals surface area contributed by atoms with E-state index in [-0.39, 0.29) is 12.5 Å². The van der Waals surface area contributed by atoms with Gasteiger partial charge >= 0.3 is 0 Å². The first-order valence-corrected chi connectivity index (χ1v) is 11.2. The number of carbonyl (C=O) groups is 3. The first-order chi connectivity index (χ1) is 14.9. The van der Waals surface area contributed by atoms with Crippen molar-refractivity contribution in [2.24, 2.45) is 0 Å². The molecule has 4 rings (SSSR count). The number of carbonyl (C=O) groups excluding carboxylic acids is 3. The van der Waals surface area contributed by atoms with Gasteiger partial charge in [0.1, 0.15) is 6.54 Å². The van der Waals surface area contributed by atoms with Gasteiger partial charge in [0.15, 0.2) is 0 Å². The van der Waals surface area contributed by atoms with Crippen molar-refractivity contribution in [2.45, 2.75) is 19.3 Å². The summed E-state index contributed by atoms with van der Waals surface area (Å²) < 4.78 is 1.96. The van der Waals surface area contributed by atoms with E-state index < -0.39 is 11.1 Å². The number of anilines is 1. The average Bonchev–Trinajstić information content (AvgIpc) is 3.34. The van der Waals surface area contributed by atoms with E-state index in [1.165, 1.54) is 0 Å². The summed E-state index contributed by atoms with van der Waals surface area (Å²) in [4.78, 5) is 43.0. The summed E-state index contributed by atoms with van der Waals surface area (Å²) in [6.45, 7) is 1.21. The number of amides is 3. The first-order valence-electron chi connectivity index (χ1n) is 10.4. The fraction of sp³-hybridized carbons (Fsp3) is 0.348. The molecule has 7 nitrogen and oxygen atoms in total. The standard InChI is InChI=1S/C23H26N4O3S/c1-24(2)17-8-10-18(11-9-17)26-14-6-7-19(26)15-20-22(29)27(23(30)31-20)16-21(28)25-12-4-3-5-13-25/h6-11,14-15H,3-5,12-13,16H2,1-2H3/b20-15-. The lowest BCUT2D eigenvalue weighted by atomic mass is 10.1.